The van der Waals surface area contributed by atoms with Crippen LogP contribution in [0.25, 0.3) is 0 Å². The van der Waals surface area contributed by atoms with Gasteiger partial charge in [0.05, 0.1) is 0 Å². The Kier molecular flexibility index (Phi) is 5.51. The Bertz CT molecular complexity index is 1030. The van der Waals surface area contributed by atoms with Gasteiger partial charge in [0.1, 0.15) is 6.10 Å². The van der Waals surface area contributed by atoms with Crippen molar-refractivity contribution in [1.82, 2.24) is 0 Å². The van der Waals surface area contributed by atoms with Crippen molar-refractivity contribution < 1.29 is 14.3 Å². The molecule has 5 heteroatoms. The number of benzene rings is 1. The lowest BCUT2D eigenvalue weighted by atomic mass is 9.46. The third-order valence-corrected chi connectivity index (χ3v) is 11.3. The van der Waals surface area contributed by atoms with Gasteiger partial charge in [0.15, 0.2) is 5.78 Å². The first-order valence-electron chi connectivity index (χ1n) is 13.3. The van der Waals surface area contributed by atoms with Crippen LogP contribution in [-0.2, 0) is 9.53 Å². The predicted molar refractivity (Wildman–Crippen MR) is 137 cm³/mol. The number of ether oxygens (including phenoxy) is 1. The van der Waals surface area contributed by atoms with Gasteiger partial charge in [0.2, 0.25) is 0 Å². The summed E-state index contributed by atoms with van der Waals surface area (Å²) < 4.78 is 7.18. The summed E-state index contributed by atoms with van der Waals surface area (Å²) in [4.78, 5) is 26.9. The first-order chi connectivity index (χ1) is 16.3. The number of carbonyl (C=O) groups is 2. The number of hydrogen-bond acceptors (Lipinski definition) is 3. The molecule has 1 aromatic rings. The summed E-state index contributed by atoms with van der Waals surface area (Å²) in [6.07, 6.45) is 11.8. The summed E-state index contributed by atoms with van der Waals surface area (Å²) >= 11 is 3.47. The Labute approximate surface area is 211 Å². The molecule has 0 bridgehead atoms. The highest BCUT2D eigenvalue weighted by Gasteiger charge is 2.60. The zero-order valence-electron chi connectivity index (χ0n) is 20.4. The van der Waals surface area contributed by atoms with Gasteiger partial charge < -0.3 is 4.74 Å². The molecule has 0 spiro atoms. The molecule has 1 aromatic carbocycles. The SMILES string of the molecule is C[C@]12CC[C@H]3[C@@H](CCC4=CC(=O)CC[C@@]43C)[C@@H]1CC[C@@H]2C1CCN(c2ccc(Br)cc2)C(=O)O1. The number of fused-ring (bicyclic) bond motifs is 5. The van der Waals surface area contributed by atoms with Crippen LogP contribution in [0.1, 0.15) is 71.6 Å². The van der Waals surface area contributed by atoms with E-state index in [9.17, 15) is 9.59 Å². The molecule has 1 heterocycles. The normalized spacial score (nSPS) is 41.8. The number of anilines is 1. The highest BCUT2D eigenvalue weighted by atomic mass is 79.9. The maximum absolute atomic E-state index is 13.0. The first kappa shape index (κ1) is 22.8. The van der Waals surface area contributed by atoms with E-state index in [0.29, 0.717) is 17.6 Å². The Morgan fingerprint density at radius 2 is 1.68 bits per heavy atom. The van der Waals surface area contributed by atoms with E-state index in [1.165, 1.54) is 37.7 Å². The second-order valence-electron chi connectivity index (χ2n) is 12.0. The second-order valence-corrected chi connectivity index (χ2v) is 13.0. The van der Waals surface area contributed by atoms with Crippen molar-refractivity contribution in [3.8, 4) is 0 Å². The maximum atomic E-state index is 13.0. The van der Waals surface area contributed by atoms with Crippen molar-refractivity contribution in [3.63, 3.8) is 0 Å². The van der Waals surface area contributed by atoms with Gasteiger partial charge in [-0.2, -0.15) is 0 Å². The average Bonchev–Trinajstić information content (AvgIpc) is 3.17. The van der Waals surface area contributed by atoms with Crippen LogP contribution in [0.3, 0.4) is 0 Å². The predicted octanol–water partition coefficient (Wildman–Crippen LogP) is 7.31. The highest BCUT2D eigenvalue weighted by molar-refractivity contribution is 9.10. The van der Waals surface area contributed by atoms with E-state index in [1.54, 1.807) is 4.90 Å². The van der Waals surface area contributed by atoms with E-state index in [-0.39, 0.29) is 23.0 Å². The van der Waals surface area contributed by atoms with Crippen LogP contribution in [-0.4, -0.2) is 24.5 Å². The van der Waals surface area contributed by atoms with Gasteiger partial charge in [-0.15, -0.1) is 0 Å². The third kappa shape index (κ3) is 3.43. The van der Waals surface area contributed by atoms with E-state index in [0.717, 1.165) is 54.2 Å². The molecule has 182 valence electrons. The number of amides is 1. The number of allylic oxidation sites excluding steroid dienone is 1. The average molecular weight is 527 g/mol. The number of ketones is 1. The fourth-order valence-electron chi connectivity index (χ4n) is 8.95. The molecule has 1 saturated heterocycles. The highest BCUT2D eigenvalue weighted by Crippen LogP contribution is 2.67. The fraction of sp³-hybridized carbons (Fsp3) is 0.655. The minimum atomic E-state index is -0.189. The van der Waals surface area contributed by atoms with E-state index in [1.807, 2.05) is 30.3 Å². The van der Waals surface area contributed by atoms with Crippen LogP contribution in [0, 0.1) is 34.5 Å². The molecule has 1 aliphatic heterocycles. The number of hydrogen-bond donors (Lipinski definition) is 0. The molecule has 7 atom stereocenters. The van der Waals surface area contributed by atoms with Crippen LogP contribution in [0.2, 0.25) is 0 Å². The lowest BCUT2D eigenvalue weighted by Crippen LogP contribution is -2.53. The van der Waals surface area contributed by atoms with Gasteiger partial charge in [-0.3, -0.25) is 9.69 Å². The molecule has 4 nitrogen and oxygen atoms in total. The van der Waals surface area contributed by atoms with Gasteiger partial charge >= 0.3 is 6.09 Å². The summed E-state index contributed by atoms with van der Waals surface area (Å²) in [6, 6.07) is 7.91. The minimum absolute atomic E-state index is 0.0349. The summed E-state index contributed by atoms with van der Waals surface area (Å²) in [6.45, 7) is 5.70. The Balaban J connectivity index is 1.19. The van der Waals surface area contributed by atoms with Gasteiger partial charge in [-0.1, -0.05) is 35.4 Å². The van der Waals surface area contributed by atoms with Gasteiger partial charge in [0, 0.05) is 35.5 Å². The van der Waals surface area contributed by atoms with Crippen LogP contribution in [0.15, 0.2) is 40.4 Å². The molecule has 1 amide bonds. The summed E-state index contributed by atoms with van der Waals surface area (Å²) in [5.41, 5.74) is 2.83. The molecule has 6 rings (SSSR count). The molecule has 3 saturated carbocycles. The lowest BCUT2D eigenvalue weighted by Gasteiger charge is -2.58. The quantitative estimate of drug-likeness (QED) is 0.406. The lowest BCUT2D eigenvalue weighted by molar-refractivity contribution is -0.118. The molecule has 0 radical (unpaired) electrons. The number of halogens is 1. The van der Waals surface area contributed by atoms with Crippen LogP contribution in [0.4, 0.5) is 10.5 Å². The van der Waals surface area contributed by atoms with Gasteiger partial charge in [-0.05, 0) is 104 Å². The first-order valence-corrected chi connectivity index (χ1v) is 14.1. The molecule has 0 aromatic heterocycles. The number of carbonyl (C=O) groups excluding carboxylic acids is 2. The number of rotatable bonds is 2. The minimum Gasteiger partial charge on any atom is -0.445 e. The zero-order valence-corrected chi connectivity index (χ0v) is 22.0. The molecular weight excluding hydrogens is 490 g/mol. The largest absolute Gasteiger partial charge is 0.445 e. The Morgan fingerprint density at radius 3 is 2.44 bits per heavy atom. The smallest absolute Gasteiger partial charge is 0.414 e. The van der Waals surface area contributed by atoms with Crippen LogP contribution < -0.4 is 4.90 Å². The summed E-state index contributed by atoms with van der Waals surface area (Å²) in [7, 11) is 0. The van der Waals surface area contributed by atoms with Crippen molar-refractivity contribution in [2.75, 3.05) is 11.4 Å². The topological polar surface area (TPSA) is 46.6 Å². The van der Waals surface area contributed by atoms with E-state index < -0.39 is 0 Å². The van der Waals surface area contributed by atoms with Crippen LogP contribution in [0.5, 0.6) is 0 Å². The van der Waals surface area contributed by atoms with Crippen molar-refractivity contribution in [2.24, 2.45) is 34.5 Å². The molecule has 0 N–H and O–H groups in total. The van der Waals surface area contributed by atoms with Crippen molar-refractivity contribution in [1.29, 1.82) is 0 Å². The monoisotopic (exact) mass is 525 g/mol. The van der Waals surface area contributed by atoms with Gasteiger partial charge in [0.25, 0.3) is 0 Å². The van der Waals surface area contributed by atoms with E-state index >= 15 is 0 Å². The summed E-state index contributed by atoms with van der Waals surface area (Å²) in [5.74, 6) is 2.98. The Hall–Kier alpha value is -1.62. The number of nitrogens with zero attached hydrogens (tertiary/aromatic N) is 1. The summed E-state index contributed by atoms with van der Waals surface area (Å²) in [5, 5.41) is 0. The fourth-order valence-corrected chi connectivity index (χ4v) is 9.21. The standard InChI is InChI=1S/C29H36BrNO3/c1-28-14-11-21(32)17-18(28)3-8-22-23-9-10-25(29(23,2)15-12-24(22)28)26-13-16-31(27(33)34-26)20-6-4-19(30)5-7-20/h4-7,17,22-26H,3,8-16H2,1-2H3/t22-,23-,24-,25+,26?,28-,29-/m0/s1. The molecule has 5 aliphatic rings. The molecule has 1 unspecified atom stereocenters. The van der Waals surface area contributed by atoms with Gasteiger partial charge in [-0.25, -0.2) is 4.79 Å². The Morgan fingerprint density at radius 1 is 0.912 bits per heavy atom. The van der Waals surface area contributed by atoms with Crippen LogP contribution >= 0.6 is 15.9 Å². The molecule has 4 fully saturated rings. The van der Waals surface area contributed by atoms with Crippen molar-refractivity contribution in [2.45, 2.75) is 77.7 Å². The van der Waals surface area contributed by atoms with E-state index in [2.05, 4.69) is 29.8 Å². The second kappa shape index (κ2) is 8.21. The van der Waals surface area contributed by atoms with E-state index in [4.69, 9.17) is 4.74 Å². The van der Waals surface area contributed by atoms with Crippen molar-refractivity contribution >= 4 is 33.5 Å². The third-order valence-electron chi connectivity index (χ3n) is 10.7. The number of cyclic esters (lactones) is 1. The molecule has 34 heavy (non-hydrogen) atoms. The zero-order chi connectivity index (χ0) is 23.7. The maximum Gasteiger partial charge on any atom is 0.414 e. The van der Waals surface area contributed by atoms with Crippen molar-refractivity contribution in [3.05, 3.63) is 40.4 Å². The molecule has 4 aliphatic carbocycles. The molecular formula is C29H36BrNO3.